The van der Waals surface area contributed by atoms with Gasteiger partial charge in [0.05, 0.1) is 25.4 Å². The first kappa shape index (κ1) is 10.8. The van der Waals surface area contributed by atoms with Gasteiger partial charge >= 0.3 is 0 Å². The molecule has 0 aromatic carbocycles. The molecule has 3 aliphatic rings. The molecular weight excluding hydrogens is 202 g/mol. The van der Waals surface area contributed by atoms with Crippen molar-refractivity contribution in [3.8, 4) is 0 Å². The molecule has 0 radical (unpaired) electrons. The Bertz CT molecular complexity index is 277. The molecule has 0 aliphatic carbocycles. The lowest BCUT2D eigenvalue weighted by Crippen LogP contribution is -2.31. The molecule has 0 aromatic heterocycles. The van der Waals surface area contributed by atoms with E-state index in [9.17, 15) is 0 Å². The van der Waals surface area contributed by atoms with Crippen LogP contribution >= 0.6 is 0 Å². The molecule has 0 spiro atoms. The van der Waals surface area contributed by atoms with Gasteiger partial charge in [-0.3, -0.25) is 0 Å². The molecule has 90 valence electrons. The predicted octanol–water partition coefficient (Wildman–Crippen LogP) is 1.49. The van der Waals surface area contributed by atoms with E-state index in [0.29, 0.717) is 12.2 Å². The van der Waals surface area contributed by atoms with Gasteiger partial charge in [-0.1, -0.05) is 6.08 Å². The van der Waals surface area contributed by atoms with Crippen LogP contribution in [0.1, 0.15) is 25.7 Å². The Morgan fingerprint density at radius 1 is 1.38 bits per heavy atom. The second-order valence-corrected chi connectivity index (χ2v) is 5.20. The van der Waals surface area contributed by atoms with E-state index in [1.807, 2.05) is 0 Å². The second kappa shape index (κ2) is 4.86. The Balaban J connectivity index is 1.39. The summed E-state index contributed by atoms with van der Waals surface area (Å²) in [6.45, 7) is 3.82. The van der Waals surface area contributed by atoms with Gasteiger partial charge in [0.1, 0.15) is 0 Å². The van der Waals surface area contributed by atoms with Crippen molar-refractivity contribution in [2.45, 2.75) is 37.9 Å². The molecule has 2 bridgehead atoms. The van der Waals surface area contributed by atoms with Crippen molar-refractivity contribution in [2.24, 2.45) is 5.92 Å². The number of fused-ring (bicyclic) bond motifs is 2. The van der Waals surface area contributed by atoms with Crippen molar-refractivity contribution in [3.05, 3.63) is 11.6 Å². The maximum absolute atomic E-state index is 5.85. The van der Waals surface area contributed by atoms with E-state index in [1.165, 1.54) is 24.8 Å². The largest absolute Gasteiger partial charge is 0.377 e. The fraction of sp³-hybridized carbons (Fsp3) is 0.846. The van der Waals surface area contributed by atoms with E-state index in [4.69, 9.17) is 9.47 Å². The third kappa shape index (κ3) is 2.31. The first-order valence-corrected chi connectivity index (χ1v) is 6.53. The van der Waals surface area contributed by atoms with Gasteiger partial charge in [-0.2, -0.15) is 0 Å². The molecule has 3 heteroatoms. The summed E-state index contributed by atoms with van der Waals surface area (Å²) in [6.07, 6.45) is 8.36. The molecule has 3 nitrogen and oxygen atoms in total. The first-order chi connectivity index (χ1) is 7.92. The summed E-state index contributed by atoms with van der Waals surface area (Å²) in [5.74, 6) is 0.754. The highest BCUT2D eigenvalue weighted by molar-refractivity contribution is 5.06. The molecule has 0 saturated carbocycles. The van der Waals surface area contributed by atoms with Crippen molar-refractivity contribution < 1.29 is 9.47 Å². The molecule has 0 amide bonds. The SMILES string of the molecule is C1=C(CNCC2CC3CCC2O3)COCC1. The van der Waals surface area contributed by atoms with Gasteiger partial charge < -0.3 is 14.8 Å². The number of ether oxygens (including phenoxy) is 2. The second-order valence-electron chi connectivity index (χ2n) is 5.20. The van der Waals surface area contributed by atoms with E-state index in [-0.39, 0.29) is 0 Å². The van der Waals surface area contributed by atoms with Crippen molar-refractivity contribution in [1.82, 2.24) is 5.32 Å². The Labute approximate surface area is 97.2 Å². The third-order valence-electron chi connectivity index (χ3n) is 3.97. The Hall–Kier alpha value is -0.380. The van der Waals surface area contributed by atoms with Gasteiger partial charge in [-0.05, 0) is 31.3 Å². The highest BCUT2D eigenvalue weighted by Gasteiger charge is 2.40. The Morgan fingerprint density at radius 2 is 2.38 bits per heavy atom. The van der Waals surface area contributed by atoms with Crippen molar-refractivity contribution >= 4 is 0 Å². The zero-order valence-corrected chi connectivity index (χ0v) is 9.78. The van der Waals surface area contributed by atoms with E-state index in [0.717, 1.165) is 38.6 Å². The first-order valence-electron chi connectivity index (χ1n) is 6.53. The molecule has 0 aromatic rings. The summed E-state index contributed by atoms with van der Waals surface area (Å²) in [7, 11) is 0. The molecule has 3 atom stereocenters. The quantitative estimate of drug-likeness (QED) is 0.732. The highest BCUT2D eigenvalue weighted by atomic mass is 16.5. The van der Waals surface area contributed by atoms with E-state index in [1.54, 1.807) is 0 Å². The van der Waals surface area contributed by atoms with Crippen LogP contribution in [0.5, 0.6) is 0 Å². The third-order valence-corrected chi connectivity index (χ3v) is 3.97. The zero-order valence-electron chi connectivity index (χ0n) is 9.78. The standard InChI is InChI=1S/C13H21NO2/c1-2-10(9-15-5-1)7-14-8-11-6-12-3-4-13(11)16-12/h2,11-14H,1,3-9H2. The molecule has 2 fully saturated rings. The van der Waals surface area contributed by atoms with Crippen molar-refractivity contribution in [2.75, 3.05) is 26.3 Å². The lowest BCUT2D eigenvalue weighted by molar-refractivity contribution is 0.0924. The van der Waals surface area contributed by atoms with Gasteiger partial charge in [0.15, 0.2) is 0 Å². The zero-order chi connectivity index (χ0) is 10.8. The maximum atomic E-state index is 5.85. The van der Waals surface area contributed by atoms with Gasteiger partial charge in [0.25, 0.3) is 0 Å². The minimum Gasteiger partial charge on any atom is -0.377 e. The monoisotopic (exact) mass is 223 g/mol. The predicted molar refractivity (Wildman–Crippen MR) is 62.4 cm³/mol. The summed E-state index contributed by atoms with van der Waals surface area (Å²) in [6, 6.07) is 0. The fourth-order valence-corrected chi connectivity index (χ4v) is 3.11. The Morgan fingerprint density at radius 3 is 3.06 bits per heavy atom. The average molecular weight is 223 g/mol. The van der Waals surface area contributed by atoms with Crippen LogP contribution in [0.3, 0.4) is 0 Å². The minimum absolute atomic E-state index is 0.550. The van der Waals surface area contributed by atoms with Crippen LogP contribution < -0.4 is 5.32 Å². The number of hydrogen-bond donors (Lipinski definition) is 1. The number of rotatable bonds is 4. The molecule has 3 heterocycles. The van der Waals surface area contributed by atoms with Crippen molar-refractivity contribution in [1.29, 1.82) is 0 Å². The lowest BCUT2D eigenvalue weighted by atomic mass is 9.89. The summed E-state index contributed by atoms with van der Waals surface area (Å²) in [5.41, 5.74) is 1.41. The highest BCUT2D eigenvalue weighted by Crippen LogP contribution is 2.38. The van der Waals surface area contributed by atoms with Gasteiger partial charge in [-0.15, -0.1) is 0 Å². The maximum Gasteiger partial charge on any atom is 0.0689 e. The van der Waals surface area contributed by atoms with E-state index < -0.39 is 0 Å². The van der Waals surface area contributed by atoms with Crippen LogP contribution in [0.25, 0.3) is 0 Å². The Kier molecular flexibility index (Phi) is 3.27. The summed E-state index contributed by atoms with van der Waals surface area (Å²) in [4.78, 5) is 0. The fourth-order valence-electron chi connectivity index (χ4n) is 3.11. The summed E-state index contributed by atoms with van der Waals surface area (Å²) < 4.78 is 11.3. The summed E-state index contributed by atoms with van der Waals surface area (Å²) in [5, 5.41) is 3.55. The number of hydrogen-bond acceptors (Lipinski definition) is 3. The van der Waals surface area contributed by atoms with E-state index >= 15 is 0 Å². The molecule has 3 aliphatic heterocycles. The smallest absolute Gasteiger partial charge is 0.0689 e. The average Bonchev–Trinajstić information content (AvgIpc) is 2.92. The molecule has 2 saturated heterocycles. The van der Waals surface area contributed by atoms with Crippen LogP contribution in [-0.2, 0) is 9.47 Å². The van der Waals surface area contributed by atoms with Crippen molar-refractivity contribution in [3.63, 3.8) is 0 Å². The van der Waals surface area contributed by atoms with Crippen LogP contribution in [0, 0.1) is 5.92 Å². The van der Waals surface area contributed by atoms with Crippen LogP contribution in [-0.4, -0.2) is 38.5 Å². The topological polar surface area (TPSA) is 30.5 Å². The molecule has 3 rings (SSSR count). The minimum atomic E-state index is 0.550. The molecule has 1 N–H and O–H groups in total. The van der Waals surface area contributed by atoms with E-state index in [2.05, 4.69) is 11.4 Å². The molecular formula is C13H21NO2. The van der Waals surface area contributed by atoms with Gasteiger partial charge in [-0.25, -0.2) is 0 Å². The van der Waals surface area contributed by atoms with Gasteiger partial charge in [0, 0.05) is 19.0 Å². The summed E-state index contributed by atoms with van der Waals surface area (Å²) >= 11 is 0. The van der Waals surface area contributed by atoms with Crippen LogP contribution in [0.2, 0.25) is 0 Å². The van der Waals surface area contributed by atoms with Crippen LogP contribution in [0.4, 0.5) is 0 Å². The lowest BCUT2D eigenvalue weighted by Gasteiger charge is -2.20. The molecule has 3 unspecified atom stereocenters. The normalized spacial score (nSPS) is 37.8. The number of nitrogens with one attached hydrogen (secondary N) is 1. The van der Waals surface area contributed by atoms with Gasteiger partial charge in [0.2, 0.25) is 0 Å². The molecule has 16 heavy (non-hydrogen) atoms. The van der Waals surface area contributed by atoms with Crippen LogP contribution in [0.15, 0.2) is 11.6 Å².